The van der Waals surface area contributed by atoms with Crippen molar-refractivity contribution in [2.24, 2.45) is 0 Å². The third-order valence-electron chi connectivity index (χ3n) is 3.64. The van der Waals surface area contributed by atoms with Gasteiger partial charge in [0.05, 0.1) is 7.11 Å². The molecular weight excluding hydrogens is 294 g/mol. The van der Waals surface area contributed by atoms with E-state index in [0.717, 1.165) is 16.3 Å². The molecule has 2 N–H and O–H groups in total. The molecule has 2 aromatic rings. The second-order valence-electron chi connectivity index (χ2n) is 5.36. The molecule has 0 saturated carbocycles. The van der Waals surface area contributed by atoms with Gasteiger partial charge in [-0.3, -0.25) is 4.79 Å². The van der Waals surface area contributed by atoms with Crippen molar-refractivity contribution >= 4 is 22.6 Å². The van der Waals surface area contributed by atoms with Gasteiger partial charge in [0.15, 0.2) is 0 Å². The number of benzene rings is 2. The third-order valence-corrected chi connectivity index (χ3v) is 3.64. The highest BCUT2D eigenvalue weighted by Crippen LogP contribution is 2.17. The van der Waals surface area contributed by atoms with Gasteiger partial charge in [-0.2, -0.15) is 0 Å². The lowest BCUT2D eigenvalue weighted by Crippen LogP contribution is -2.43. The van der Waals surface area contributed by atoms with Crippen molar-refractivity contribution in [2.75, 3.05) is 13.7 Å². The van der Waals surface area contributed by atoms with Crippen molar-refractivity contribution in [3.05, 3.63) is 48.0 Å². The molecule has 2 aromatic carbocycles. The third kappa shape index (κ3) is 4.79. The van der Waals surface area contributed by atoms with E-state index in [1.54, 1.807) is 0 Å². The van der Waals surface area contributed by atoms with Crippen molar-refractivity contribution < 1.29 is 19.4 Å². The van der Waals surface area contributed by atoms with Crippen LogP contribution in [0.5, 0.6) is 0 Å². The average molecular weight is 315 g/mol. The predicted molar refractivity (Wildman–Crippen MR) is 87.9 cm³/mol. The summed E-state index contributed by atoms with van der Waals surface area (Å²) in [5, 5.41) is 13.6. The van der Waals surface area contributed by atoms with Gasteiger partial charge in [-0.15, -0.1) is 0 Å². The summed E-state index contributed by atoms with van der Waals surface area (Å²) in [5.41, 5.74) is 0.946. The van der Waals surface area contributed by atoms with Crippen molar-refractivity contribution in [3.8, 4) is 0 Å². The number of hydrogen-bond acceptors (Lipinski definition) is 4. The number of hydrogen-bond donors (Lipinski definition) is 2. The lowest BCUT2D eigenvalue weighted by atomic mass is 10.0. The fourth-order valence-electron chi connectivity index (χ4n) is 2.44. The first-order valence-electron chi connectivity index (χ1n) is 7.59. The van der Waals surface area contributed by atoms with Gasteiger partial charge in [-0.05, 0) is 22.8 Å². The molecule has 0 spiro atoms. The molecule has 0 aliphatic rings. The van der Waals surface area contributed by atoms with E-state index in [1.807, 2.05) is 42.5 Å². The van der Waals surface area contributed by atoms with Crippen LogP contribution in [0.1, 0.15) is 18.4 Å². The summed E-state index contributed by atoms with van der Waals surface area (Å²) in [5.74, 6) is -0.745. The minimum absolute atomic E-state index is 0.0546. The van der Waals surface area contributed by atoms with Crippen molar-refractivity contribution in [1.82, 2.24) is 5.32 Å². The van der Waals surface area contributed by atoms with E-state index in [0.29, 0.717) is 12.8 Å². The van der Waals surface area contributed by atoms with Crippen LogP contribution in [-0.4, -0.2) is 36.7 Å². The van der Waals surface area contributed by atoms with Crippen LogP contribution in [0.2, 0.25) is 0 Å². The Morgan fingerprint density at radius 2 is 1.91 bits per heavy atom. The van der Waals surface area contributed by atoms with Crippen molar-refractivity contribution in [2.45, 2.75) is 25.3 Å². The molecule has 0 fully saturated rings. The first kappa shape index (κ1) is 17.0. The molecule has 5 nitrogen and oxygen atoms in total. The number of aliphatic hydroxyl groups is 1. The zero-order valence-electron chi connectivity index (χ0n) is 13.1. The van der Waals surface area contributed by atoms with Crippen LogP contribution < -0.4 is 5.32 Å². The zero-order chi connectivity index (χ0) is 16.7. The van der Waals surface area contributed by atoms with Crippen molar-refractivity contribution in [3.63, 3.8) is 0 Å². The van der Waals surface area contributed by atoms with Gasteiger partial charge < -0.3 is 15.2 Å². The smallest absolute Gasteiger partial charge is 0.328 e. The highest BCUT2D eigenvalue weighted by Gasteiger charge is 2.21. The molecule has 2 rings (SSSR count). The minimum atomic E-state index is -0.729. The number of carbonyl (C=O) groups excluding carboxylic acids is 2. The van der Waals surface area contributed by atoms with Gasteiger partial charge in [-0.1, -0.05) is 42.5 Å². The molecule has 0 aliphatic carbocycles. The number of methoxy groups -OCH3 is 1. The maximum absolute atomic E-state index is 11.9. The Morgan fingerprint density at radius 3 is 2.61 bits per heavy atom. The Balaban J connectivity index is 2.12. The Labute approximate surface area is 135 Å². The van der Waals surface area contributed by atoms with Gasteiger partial charge in [0.2, 0.25) is 5.91 Å². The van der Waals surface area contributed by atoms with Crippen LogP contribution in [0, 0.1) is 0 Å². The van der Waals surface area contributed by atoms with Crippen LogP contribution in [0.3, 0.4) is 0 Å². The van der Waals surface area contributed by atoms with E-state index < -0.39 is 12.0 Å². The fourth-order valence-corrected chi connectivity index (χ4v) is 2.44. The average Bonchev–Trinajstić information content (AvgIpc) is 2.58. The van der Waals surface area contributed by atoms with E-state index in [9.17, 15) is 9.59 Å². The Morgan fingerprint density at radius 1 is 1.17 bits per heavy atom. The second kappa shape index (κ2) is 8.29. The van der Waals surface area contributed by atoms with Crippen molar-refractivity contribution in [1.29, 1.82) is 0 Å². The maximum Gasteiger partial charge on any atom is 0.328 e. The normalized spacial score (nSPS) is 11.9. The maximum atomic E-state index is 11.9. The Bertz CT molecular complexity index is 684. The second-order valence-corrected chi connectivity index (χ2v) is 5.36. The molecule has 23 heavy (non-hydrogen) atoms. The lowest BCUT2D eigenvalue weighted by Gasteiger charge is -2.17. The van der Waals surface area contributed by atoms with Gasteiger partial charge in [0.1, 0.15) is 6.04 Å². The van der Waals surface area contributed by atoms with Gasteiger partial charge in [0, 0.05) is 19.4 Å². The highest BCUT2D eigenvalue weighted by atomic mass is 16.5. The van der Waals surface area contributed by atoms with Crippen LogP contribution in [0.4, 0.5) is 0 Å². The summed E-state index contributed by atoms with van der Waals surface area (Å²) < 4.78 is 4.77. The summed E-state index contributed by atoms with van der Waals surface area (Å²) in [6.45, 7) is -0.0546. The zero-order valence-corrected chi connectivity index (χ0v) is 13.1. The molecule has 0 bridgehead atoms. The van der Waals surface area contributed by atoms with Gasteiger partial charge in [0.25, 0.3) is 0 Å². The van der Waals surface area contributed by atoms with E-state index >= 15 is 0 Å². The van der Waals surface area contributed by atoms with E-state index in [-0.39, 0.29) is 18.9 Å². The number of nitrogens with one attached hydrogen (secondary N) is 1. The van der Waals surface area contributed by atoms with E-state index in [4.69, 9.17) is 9.84 Å². The Hall–Kier alpha value is -2.40. The number of ether oxygens (including phenoxy) is 1. The topological polar surface area (TPSA) is 75.6 Å². The summed E-state index contributed by atoms with van der Waals surface area (Å²) in [6, 6.07) is 13.2. The van der Waals surface area contributed by atoms with Crippen LogP contribution >= 0.6 is 0 Å². The molecule has 0 aromatic heterocycles. The summed E-state index contributed by atoms with van der Waals surface area (Å²) in [6.07, 6.45) is 0.916. The molecule has 0 unspecified atom stereocenters. The van der Waals surface area contributed by atoms with Gasteiger partial charge in [-0.25, -0.2) is 4.79 Å². The standard InChI is InChI=1S/C18H21NO4/c1-23-18(22)16(19-17(21)7-4-10-20)12-13-8-9-14-5-2-3-6-15(14)11-13/h2-3,5-6,8-9,11,16,20H,4,7,10,12H2,1H3,(H,19,21)/t16-/m1/s1. The van der Waals surface area contributed by atoms with Crippen LogP contribution in [0.15, 0.2) is 42.5 Å². The van der Waals surface area contributed by atoms with Gasteiger partial charge >= 0.3 is 5.97 Å². The number of aliphatic hydroxyl groups excluding tert-OH is 1. The number of rotatable bonds is 7. The molecule has 122 valence electrons. The quantitative estimate of drug-likeness (QED) is 0.764. The first-order chi connectivity index (χ1) is 11.1. The van der Waals surface area contributed by atoms with E-state index in [1.165, 1.54) is 7.11 Å². The lowest BCUT2D eigenvalue weighted by molar-refractivity contribution is -0.145. The SMILES string of the molecule is COC(=O)[C@@H](Cc1ccc2ccccc2c1)NC(=O)CCCO. The summed E-state index contributed by atoms with van der Waals surface area (Å²) in [7, 11) is 1.30. The van der Waals surface area contributed by atoms with Crippen LogP contribution in [-0.2, 0) is 20.7 Å². The number of fused-ring (bicyclic) bond motifs is 1. The number of carbonyl (C=O) groups is 2. The molecule has 0 radical (unpaired) electrons. The molecule has 1 atom stereocenters. The monoisotopic (exact) mass is 315 g/mol. The van der Waals surface area contributed by atoms with Crippen LogP contribution in [0.25, 0.3) is 10.8 Å². The number of amides is 1. The molecule has 0 saturated heterocycles. The Kier molecular flexibility index (Phi) is 6.11. The highest BCUT2D eigenvalue weighted by molar-refractivity contribution is 5.85. The molecule has 0 aliphatic heterocycles. The molecule has 0 heterocycles. The predicted octanol–water partition coefficient (Wildman–Crippen LogP) is 1.81. The molecular formula is C18H21NO4. The minimum Gasteiger partial charge on any atom is -0.467 e. The first-order valence-corrected chi connectivity index (χ1v) is 7.59. The largest absolute Gasteiger partial charge is 0.467 e. The molecule has 5 heteroatoms. The number of esters is 1. The summed E-state index contributed by atoms with van der Waals surface area (Å²) >= 11 is 0. The van der Waals surface area contributed by atoms with E-state index in [2.05, 4.69) is 5.32 Å². The molecule has 1 amide bonds. The summed E-state index contributed by atoms with van der Waals surface area (Å²) in [4.78, 5) is 23.7. The fraction of sp³-hybridized carbons (Fsp3) is 0.333.